The molecule has 1 aromatic rings. The van der Waals surface area contributed by atoms with Crippen LogP contribution in [0.3, 0.4) is 0 Å². The van der Waals surface area contributed by atoms with Gasteiger partial charge in [0.2, 0.25) is 0 Å². The van der Waals surface area contributed by atoms with Crippen molar-refractivity contribution in [2.24, 2.45) is 0 Å². The molecule has 0 saturated carbocycles. The molecule has 1 fully saturated rings. The van der Waals surface area contributed by atoms with Gasteiger partial charge in [0.05, 0.1) is 12.6 Å². The number of urea groups is 1. The van der Waals surface area contributed by atoms with Crippen LogP contribution in [0.5, 0.6) is 11.5 Å². The van der Waals surface area contributed by atoms with Gasteiger partial charge >= 0.3 is 12.3 Å². The molecule has 2 aliphatic heterocycles. The number of anilines is 1. The topological polar surface area (TPSA) is 71.0 Å². The third-order valence-electron chi connectivity index (χ3n) is 3.50. The van der Waals surface area contributed by atoms with E-state index in [9.17, 15) is 18.7 Å². The van der Waals surface area contributed by atoms with E-state index in [4.69, 9.17) is 0 Å². The van der Waals surface area contributed by atoms with Crippen molar-refractivity contribution in [1.29, 1.82) is 0 Å². The number of carbonyl (C=O) groups excluding carboxylic acids is 1. The van der Waals surface area contributed by atoms with E-state index in [-0.39, 0.29) is 30.2 Å². The molecule has 1 aromatic carbocycles. The van der Waals surface area contributed by atoms with Crippen molar-refractivity contribution in [3.63, 3.8) is 0 Å². The average molecular weight is 300 g/mol. The number of hydrogen-bond donors (Lipinski definition) is 2. The summed E-state index contributed by atoms with van der Waals surface area (Å²) in [6.07, 6.45) is -2.11. The van der Waals surface area contributed by atoms with Gasteiger partial charge in [0.15, 0.2) is 11.5 Å². The molecule has 0 aliphatic carbocycles. The summed E-state index contributed by atoms with van der Waals surface area (Å²) >= 11 is 0. The molecule has 6 nitrogen and oxygen atoms in total. The highest BCUT2D eigenvalue weighted by Crippen LogP contribution is 2.42. The summed E-state index contributed by atoms with van der Waals surface area (Å²) in [6, 6.07) is 3.45. The van der Waals surface area contributed by atoms with Gasteiger partial charge in [-0.1, -0.05) is 0 Å². The lowest BCUT2D eigenvalue weighted by molar-refractivity contribution is -0.286. The first-order chi connectivity index (χ1) is 9.98. The molecule has 2 amide bonds. The van der Waals surface area contributed by atoms with E-state index in [1.54, 1.807) is 0 Å². The summed E-state index contributed by atoms with van der Waals surface area (Å²) in [5.41, 5.74) is 0.323. The normalized spacial score (nSPS) is 22.4. The highest BCUT2D eigenvalue weighted by Gasteiger charge is 2.43. The molecule has 114 valence electrons. The van der Waals surface area contributed by atoms with Crippen molar-refractivity contribution in [2.45, 2.75) is 25.2 Å². The number of likely N-dealkylation sites (tertiary alicyclic amines) is 1. The average Bonchev–Trinajstić information content (AvgIpc) is 3.00. The number of nitrogens with zero attached hydrogens (tertiary/aromatic N) is 1. The molecule has 0 spiro atoms. The lowest BCUT2D eigenvalue weighted by atomic mass is 10.2. The van der Waals surface area contributed by atoms with Crippen molar-refractivity contribution >= 4 is 11.7 Å². The van der Waals surface area contributed by atoms with Crippen molar-refractivity contribution < 1.29 is 28.2 Å². The number of fused-ring (bicyclic) bond motifs is 1. The Kier molecular flexibility index (Phi) is 3.32. The summed E-state index contributed by atoms with van der Waals surface area (Å²) in [7, 11) is 0. The van der Waals surface area contributed by atoms with Crippen LogP contribution in [0.25, 0.3) is 0 Å². The van der Waals surface area contributed by atoms with Crippen molar-refractivity contribution in [1.82, 2.24) is 4.90 Å². The smallest absolute Gasteiger partial charge is 0.395 e. The van der Waals surface area contributed by atoms with Gasteiger partial charge in [0.25, 0.3) is 0 Å². The van der Waals surface area contributed by atoms with Gasteiger partial charge in [-0.15, -0.1) is 8.78 Å². The van der Waals surface area contributed by atoms with E-state index in [0.29, 0.717) is 12.2 Å². The number of aliphatic hydroxyl groups excluding tert-OH is 1. The van der Waals surface area contributed by atoms with Crippen LogP contribution in [0.2, 0.25) is 0 Å². The summed E-state index contributed by atoms with van der Waals surface area (Å²) in [4.78, 5) is 13.6. The van der Waals surface area contributed by atoms with Crippen LogP contribution >= 0.6 is 0 Å². The SMILES string of the molecule is O=C(Nc1ccc2c(c1)OC(F)(F)O2)N1CCC[C@@H]1CO. The van der Waals surface area contributed by atoms with E-state index in [1.165, 1.54) is 23.1 Å². The second-order valence-corrected chi connectivity index (χ2v) is 4.93. The van der Waals surface area contributed by atoms with Crippen LogP contribution in [0, 0.1) is 0 Å². The van der Waals surface area contributed by atoms with Gasteiger partial charge in [-0.25, -0.2) is 4.79 Å². The number of hydrogen-bond acceptors (Lipinski definition) is 4. The Balaban J connectivity index is 1.70. The van der Waals surface area contributed by atoms with E-state index >= 15 is 0 Å². The Morgan fingerprint density at radius 3 is 2.95 bits per heavy atom. The van der Waals surface area contributed by atoms with Crippen LogP contribution in [-0.2, 0) is 0 Å². The standard InChI is InChI=1S/C13H14F2N2O4/c14-13(15)20-10-4-3-8(6-11(10)21-13)16-12(19)17-5-1-2-9(17)7-18/h3-4,6,9,18H,1-2,5,7H2,(H,16,19)/t9-/m1/s1. The maximum Gasteiger partial charge on any atom is 0.586 e. The fourth-order valence-electron chi connectivity index (χ4n) is 2.51. The van der Waals surface area contributed by atoms with Crippen molar-refractivity contribution in [3.8, 4) is 11.5 Å². The largest absolute Gasteiger partial charge is 0.586 e. The Hall–Kier alpha value is -2.09. The molecule has 0 aromatic heterocycles. The highest BCUT2D eigenvalue weighted by molar-refractivity contribution is 5.90. The molecule has 2 heterocycles. The minimum atomic E-state index is -3.68. The number of aliphatic hydroxyl groups is 1. The third-order valence-corrected chi connectivity index (χ3v) is 3.50. The fourth-order valence-corrected chi connectivity index (χ4v) is 2.51. The van der Waals surface area contributed by atoms with Crippen molar-refractivity contribution in [2.75, 3.05) is 18.5 Å². The summed E-state index contributed by atoms with van der Waals surface area (Å²) in [6.45, 7) is 0.459. The van der Waals surface area contributed by atoms with E-state index < -0.39 is 6.29 Å². The lowest BCUT2D eigenvalue weighted by Gasteiger charge is -2.23. The number of nitrogens with one attached hydrogen (secondary N) is 1. The van der Waals surface area contributed by atoms with Gasteiger partial charge in [-0.2, -0.15) is 0 Å². The fraction of sp³-hybridized carbons (Fsp3) is 0.462. The molecule has 2 N–H and O–H groups in total. The molecule has 0 radical (unpaired) electrons. The highest BCUT2D eigenvalue weighted by atomic mass is 19.3. The molecule has 0 unspecified atom stereocenters. The molecule has 0 bridgehead atoms. The Morgan fingerprint density at radius 2 is 2.19 bits per heavy atom. The zero-order valence-corrected chi connectivity index (χ0v) is 11.0. The molecule has 1 saturated heterocycles. The van der Waals surface area contributed by atoms with Gasteiger partial charge in [0.1, 0.15) is 0 Å². The van der Waals surface area contributed by atoms with Gasteiger partial charge < -0.3 is 24.8 Å². The van der Waals surface area contributed by atoms with Crippen LogP contribution in [-0.4, -0.2) is 41.5 Å². The Bertz CT molecular complexity index is 567. The van der Waals surface area contributed by atoms with Gasteiger partial charge in [0, 0.05) is 18.3 Å². The predicted octanol–water partition coefficient (Wildman–Crippen LogP) is 2.00. The van der Waals surface area contributed by atoms with Gasteiger partial charge in [-0.3, -0.25) is 0 Å². The molecule has 2 aliphatic rings. The first kappa shape index (κ1) is 13.9. The number of benzene rings is 1. The molecule has 1 atom stereocenters. The van der Waals surface area contributed by atoms with Crippen LogP contribution in [0.4, 0.5) is 19.3 Å². The Morgan fingerprint density at radius 1 is 1.43 bits per heavy atom. The number of ether oxygens (including phenoxy) is 2. The van der Waals surface area contributed by atoms with Crippen LogP contribution < -0.4 is 14.8 Å². The minimum absolute atomic E-state index is 0.0765. The third kappa shape index (κ3) is 2.71. The summed E-state index contributed by atoms with van der Waals surface area (Å²) in [5, 5.41) is 11.8. The maximum atomic E-state index is 12.9. The maximum absolute atomic E-state index is 12.9. The molecular weight excluding hydrogens is 286 g/mol. The summed E-state index contributed by atoms with van der Waals surface area (Å²) < 4.78 is 34.4. The van der Waals surface area contributed by atoms with Crippen molar-refractivity contribution in [3.05, 3.63) is 18.2 Å². The number of amides is 2. The van der Waals surface area contributed by atoms with Gasteiger partial charge in [-0.05, 0) is 25.0 Å². The summed E-state index contributed by atoms with van der Waals surface area (Å²) in [5.74, 6) is -0.203. The molecule has 3 rings (SSSR count). The first-order valence-electron chi connectivity index (χ1n) is 6.57. The molecule has 8 heteroatoms. The second kappa shape index (κ2) is 5.03. The molecular formula is C13H14F2N2O4. The number of alkyl halides is 2. The van der Waals surface area contributed by atoms with E-state index in [2.05, 4.69) is 14.8 Å². The van der Waals surface area contributed by atoms with E-state index in [1.807, 2.05) is 0 Å². The zero-order chi connectivity index (χ0) is 15.0. The zero-order valence-electron chi connectivity index (χ0n) is 11.0. The first-order valence-corrected chi connectivity index (χ1v) is 6.57. The second-order valence-electron chi connectivity index (χ2n) is 4.93. The monoisotopic (exact) mass is 300 g/mol. The Labute approximate surface area is 119 Å². The number of halogens is 2. The quantitative estimate of drug-likeness (QED) is 0.876. The molecule has 21 heavy (non-hydrogen) atoms. The lowest BCUT2D eigenvalue weighted by Crippen LogP contribution is -2.40. The number of carbonyl (C=O) groups is 1. The minimum Gasteiger partial charge on any atom is -0.395 e. The van der Waals surface area contributed by atoms with Crippen LogP contribution in [0.15, 0.2) is 18.2 Å². The van der Waals surface area contributed by atoms with Crippen LogP contribution in [0.1, 0.15) is 12.8 Å². The predicted molar refractivity (Wildman–Crippen MR) is 68.5 cm³/mol. The van der Waals surface area contributed by atoms with E-state index in [0.717, 1.165) is 12.8 Å². The number of rotatable bonds is 2.